The minimum Gasteiger partial charge on any atom is -0.279 e. The summed E-state index contributed by atoms with van der Waals surface area (Å²) < 4.78 is 1.22. The van der Waals surface area contributed by atoms with Crippen molar-refractivity contribution in [3.8, 4) is 0 Å². The summed E-state index contributed by atoms with van der Waals surface area (Å²) in [6.07, 6.45) is 21.0. The van der Waals surface area contributed by atoms with Crippen LogP contribution < -0.4 is 10.7 Å². The van der Waals surface area contributed by atoms with Crippen molar-refractivity contribution in [2.75, 3.05) is 0 Å². The predicted molar refractivity (Wildman–Crippen MR) is 218 cm³/mol. The Labute approximate surface area is 301 Å². The third-order valence-corrected chi connectivity index (χ3v) is 11.0. The molecule has 6 rings (SSSR count). The summed E-state index contributed by atoms with van der Waals surface area (Å²) in [6.45, 7) is 4.61. The highest BCUT2D eigenvalue weighted by Crippen LogP contribution is 2.38. The van der Waals surface area contributed by atoms with Crippen molar-refractivity contribution in [3.63, 3.8) is 0 Å². The van der Waals surface area contributed by atoms with Crippen molar-refractivity contribution in [1.82, 2.24) is 0 Å². The summed E-state index contributed by atoms with van der Waals surface area (Å²) >= 11 is 2.38. The lowest BCUT2D eigenvalue weighted by molar-refractivity contribution is 0.477. The minimum absolute atomic E-state index is 0.305. The molecule has 0 saturated heterocycles. The number of halogens is 1. The maximum absolute atomic E-state index is 5.83. The molecular weight excluding hydrogens is 695 g/mol. The molecule has 0 aliphatic carbocycles. The molecule has 6 aromatic rings. The summed E-state index contributed by atoms with van der Waals surface area (Å²) in [4.78, 5) is 11.2. The Hall–Kier alpha value is -3.05. The van der Waals surface area contributed by atoms with E-state index in [0.29, 0.717) is 6.04 Å². The number of rotatable bonds is 18. The quantitative estimate of drug-likeness (QED) is 0.0362. The van der Waals surface area contributed by atoms with Crippen molar-refractivity contribution in [1.29, 1.82) is 0 Å². The molecule has 0 fully saturated rings. The second kappa shape index (κ2) is 17.6. The first kappa shape index (κ1) is 34.8. The molecule has 0 radical (unpaired) electrons. The molecule has 48 heavy (non-hydrogen) atoms. The number of fused-ring (bicyclic) bond motifs is 2. The second-order valence-electron chi connectivity index (χ2n) is 13.9. The summed E-state index contributed by atoms with van der Waals surface area (Å²) in [5.41, 5.74) is 0.986. The maximum atomic E-state index is 5.83. The molecule has 0 amide bonds. The molecule has 0 aromatic heterocycles. The van der Waals surface area contributed by atoms with Crippen molar-refractivity contribution in [2.45, 2.75) is 123 Å². The van der Waals surface area contributed by atoms with Crippen LogP contribution in [0.5, 0.6) is 0 Å². The monoisotopic (exact) mass is 748 g/mol. The van der Waals surface area contributed by atoms with Crippen LogP contribution in [0.3, 0.4) is 0 Å². The van der Waals surface area contributed by atoms with Gasteiger partial charge in [0.1, 0.15) is 0 Å². The average molecular weight is 749 g/mol. The summed E-state index contributed by atoms with van der Waals surface area (Å²) in [5, 5.41) is 12.5. The molecule has 0 spiro atoms. The van der Waals surface area contributed by atoms with E-state index in [4.69, 9.17) is 9.98 Å². The topological polar surface area (TPSA) is 24.7 Å². The zero-order valence-electron chi connectivity index (χ0n) is 29.2. The summed E-state index contributed by atoms with van der Waals surface area (Å²) in [7, 11) is 0. The van der Waals surface area contributed by atoms with Gasteiger partial charge in [-0.25, -0.2) is 4.99 Å². The molecular formula is C45H53IN2. The fourth-order valence-corrected chi connectivity index (χ4v) is 8.05. The standard InChI is InChI=1S/C45H53IN2/c1-3-5-7-9-11-13-15-23-36(24-16-14-12-10-8-6-4-2)48-45-41(47-37-30-28-35(46)29-31-37)32-34-22-19-26-39-38-25-17-20-33-21-18-27-40(42(33)38)44(45)43(34)39/h17-22,25-32,36H,3-16,23-24H2,1-2H3. The lowest BCUT2D eigenvalue weighted by atomic mass is 9.89. The fraction of sp³-hybridized carbons (Fsp3) is 0.422. The zero-order chi connectivity index (χ0) is 33.1. The van der Waals surface area contributed by atoms with Crippen molar-refractivity contribution >= 4 is 71.4 Å². The number of hydrogen-bond donors (Lipinski definition) is 0. The van der Waals surface area contributed by atoms with E-state index in [1.165, 1.54) is 137 Å². The van der Waals surface area contributed by atoms with E-state index >= 15 is 0 Å². The number of benzene rings is 6. The first-order chi connectivity index (χ1) is 23.7. The van der Waals surface area contributed by atoms with Gasteiger partial charge >= 0.3 is 0 Å². The van der Waals surface area contributed by atoms with Crippen molar-refractivity contribution in [3.05, 3.63) is 99.2 Å². The summed E-state index contributed by atoms with van der Waals surface area (Å²) in [5.74, 6) is 0. The van der Waals surface area contributed by atoms with Gasteiger partial charge in [0.05, 0.1) is 22.4 Å². The van der Waals surface area contributed by atoms with Crippen LogP contribution in [0.25, 0.3) is 43.1 Å². The maximum Gasteiger partial charge on any atom is 0.0919 e. The Morgan fingerprint density at radius 2 is 1.04 bits per heavy atom. The smallest absolute Gasteiger partial charge is 0.0919 e. The van der Waals surface area contributed by atoms with E-state index in [-0.39, 0.29) is 0 Å². The molecule has 3 heteroatoms. The molecule has 0 aliphatic rings. The van der Waals surface area contributed by atoms with Crippen LogP contribution in [0.15, 0.2) is 94.9 Å². The zero-order valence-corrected chi connectivity index (χ0v) is 31.4. The lowest BCUT2D eigenvalue weighted by Gasteiger charge is -2.17. The van der Waals surface area contributed by atoms with Crippen LogP contribution in [0.1, 0.15) is 117 Å². The fourth-order valence-electron chi connectivity index (χ4n) is 7.69. The van der Waals surface area contributed by atoms with Gasteiger partial charge in [0, 0.05) is 8.96 Å². The number of nitrogens with zero attached hydrogens (tertiary/aromatic N) is 2. The van der Waals surface area contributed by atoms with Gasteiger partial charge in [0.25, 0.3) is 0 Å². The summed E-state index contributed by atoms with van der Waals surface area (Å²) in [6, 6.07) is 31.6. The molecule has 0 heterocycles. The molecule has 0 aliphatic heterocycles. The van der Waals surface area contributed by atoms with Crippen molar-refractivity contribution < 1.29 is 0 Å². The van der Waals surface area contributed by atoms with Crippen LogP contribution in [0.4, 0.5) is 5.69 Å². The predicted octanol–water partition coefficient (Wildman–Crippen LogP) is 13.6. The van der Waals surface area contributed by atoms with Gasteiger partial charge in [-0.2, -0.15) is 0 Å². The number of unbranched alkanes of at least 4 members (excludes halogenated alkanes) is 12. The van der Waals surface area contributed by atoms with Gasteiger partial charge in [-0.15, -0.1) is 0 Å². The van der Waals surface area contributed by atoms with E-state index in [0.717, 1.165) is 29.2 Å². The van der Waals surface area contributed by atoms with Gasteiger partial charge < -0.3 is 0 Å². The highest BCUT2D eigenvalue weighted by Gasteiger charge is 2.17. The molecule has 6 aromatic carbocycles. The third kappa shape index (κ3) is 8.38. The van der Waals surface area contributed by atoms with Gasteiger partial charge in [-0.1, -0.05) is 158 Å². The molecule has 0 atom stereocenters. The molecule has 0 N–H and O–H groups in total. The van der Waals surface area contributed by atoms with Gasteiger partial charge in [-0.05, 0) is 103 Å². The molecule has 0 saturated carbocycles. The Morgan fingerprint density at radius 1 is 0.521 bits per heavy atom. The Kier molecular flexibility index (Phi) is 12.7. The largest absolute Gasteiger partial charge is 0.279 e. The van der Waals surface area contributed by atoms with Gasteiger partial charge in [0.2, 0.25) is 0 Å². The lowest BCUT2D eigenvalue weighted by Crippen LogP contribution is -2.29. The second-order valence-corrected chi connectivity index (χ2v) is 15.2. The Bertz CT molecular complexity index is 2000. The molecule has 250 valence electrons. The highest BCUT2D eigenvalue weighted by atomic mass is 127. The first-order valence-corrected chi connectivity index (χ1v) is 20.1. The van der Waals surface area contributed by atoms with Gasteiger partial charge in [0.15, 0.2) is 0 Å². The highest BCUT2D eigenvalue weighted by molar-refractivity contribution is 14.1. The van der Waals surface area contributed by atoms with E-state index in [9.17, 15) is 0 Å². The average Bonchev–Trinajstić information content (AvgIpc) is 3.11. The van der Waals surface area contributed by atoms with Crippen molar-refractivity contribution in [2.24, 2.45) is 9.98 Å². The molecule has 2 nitrogen and oxygen atoms in total. The Balaban J connectivity index is 1.49. The van der Waals surface area contributed by atoms with Gasteiger partial charge in [-0.3, -0.25) is 4.99 Å². The molecule has 0 bridgehead atoms. The van der Waals surface area contributed by atoms with E-state index < -0.39 is 0 Å². The normalized spacial score (nSPS) is 13.0. The van der Waals surface area contributed by atoms with Crippen LogP contribution in [-0.2, 0) is 0 Å². The Morgan fingerprint density at radius 3 is 1.65 bits per heavy atom. The first-order valence-electron chi connectivity index (χ1n) is 19.0. The number of hydrogen-bond acceptors (Lipinski definition) is 2. The molecule has 0 unspecified atom stereocenters. The van der Waals surface area contributed by atoms with E-state index in [1.807, 2.05) is 0 Å². The van der Waals surface area contributed by atoms with Crippen LogP contribution in [0, 0.1) is 3.57 Å². The SMILES string of the molecule is CCCCCCCCCC(CCCCCCCCC)N=c1c(=Nc2ccc(I)cc2)cc2cccc3c4cccc5cccc(c1c23)c54. The third-order valence-electron chi connectivity index (χ3n) is 10.3. The van der Waals surface area contributed by atoms with E-state index in [1.54, 1.807) is 0 Å². The minimum atomic E-state index is 0.305. The van der Waals surface area contributed by atoms with Crippen LogP contribution in [0.2, 0.25) is 0 Å². The van der Waals surface area contributed by atoms with E-state index in [2.05, 4.69) is 121 Å². The van der Waals surface area contributed by atoms with Crippen LogP contribution >= 0.6 is 22.6 Å². The van der Waals surface area contributed by atoms with Crippen LogP contribution in [-0.4, -0.2) is 6.04 Å².